The summed E-state index contributed by atoms with van der Waals surface area (Å²) < 4.78 is 0. The van der Waals surface area contributed by atoms with E-state index < -0.39 is 11.9 Å². The van der Waals surface area contributed by atoms with Gasteiger partial charge >= 0.3 is 11.9 Å². The highest BCUT2D eigenvalue weighted by Crippen LogP contribution is 1.70. The van der Waals surface area contributed by atoms with Crippen molar-refractivity contribution in [3.05, 3.63) is 12.2 Å². The van der Waals surface area contributed by atoms with Crippen LogP contribution >= 0.6 is 34.0 Å². The Labute approximate surface area is 78.1 Å². The molecule has 0 rings (SSSR count). The lowest BCUT2D eigenvalue weighted by Crippen LogP contribution is -1.91. The topological polar surface area (TPSA) is 74.6 Å². The summed E-state index contributed by atoms with van der Waals surface area (Å²) in [6.45, 7) is 0. The van der Waals surface area contributed by atoms with Crippen LogP contribution in [0.3, 0.4) is 0 Å². The van der Waals surface area contributed by atoms with E-state index in [0.29, 0.717) is 12.2 Å². The zero-order chi connectivity index (χ0) is 6.57. The van der Waals surface area contributed by atoms with Crippen LogP contribution in [0.25, 0.3) is 0 Å². The molecule has 0 heterocycles. The van der Waals surface area contributed by atoms with Crippen LogP contribution < -0.4 is 0 Å². The van der Waals surface area contributed by atoms with Crippen LogP contribution in [0.5, 0.6) is 0 Å². The lowest BCUT2D eigenvalue weighted by Gasteiger charge is -1.74. The minimum atomic E-state index is -1.26. The van der Waals surface area contributed by atoms with Crippen molar-refractivity contribution >= 4 is 45.9 Å². The Morgan fingerprint density at radius 3 is 1.20 bits per heavy atom. The molecule has 0 aliphatic rings. The molecule has 0 aromatic heterocycles. The predicted octanol–water partition coefficient (Wildman–Crippen LogP) is 0.868. The summed E-state index contributed by atoms with van der Waals surface area (Å²) in [6, 6.07) is 0. The molecule has 6 heteroatoms. The lowest BCUT2D eigenvalue weighted by atomic mass is 10.5. The largest absolute Gasteiger partial charge is 0.478 e. The fraction of sp³-hybridized carbons (Fsp3) is 0. The van der Waals surface area contributed by atoms with Crippen LogP contribution in [0.1, 0.15) is 0 Å². The maximum Gasteiger partial charge on any atom is 0.328 e. The second-order valence-electron chi connectivity index (χ2n) is 1.01. The Balaban J connectivity index is -0.000000245. The van der Waals surface area contributed by atoms with E-state index >= 15 is 0 Å². The van der Waals surface area contributed by atoms with E-state index in [0.717, 1.165) is 0 Å². The van der Waals surface area contributed by atoms with Gasteiger partial charge in [-0.2, -0.15) is 0 Å². The Morgan fingerprint density at radius 2 is 1.10 bits per heavy atom. The average molecular weight is 278 g/mol. The zero-order valence-electron chi connectivity index (χ0n) is 4.68. The highest BCUT2D eigenvalue weighted by atomic mass is 79.9. The number of hydrogen-bond donors (Lipinski definition) is 2. The minimum absolute atomic E-state index is 0. The summed E-state index contributed by atoms with van der Waals surface area (Å²) in [5, 5.41) is 15.6. The van der Waals surface area contributed by atoms with Crippen molar-refractivity contribution in [2.24, 2.45) is 0 Å². The van der Waals surface area contributed by atoms with Gasteiger partial charge in [0.2, 0.25) is 0 Å². The Bertz CT molecular complexity index is 126. The molecule has 2 N–H and O–H groups in total. The molecule has 10 heavy (non-hydrogen) atoms. The molecule has 4 nitrogen and oxygen atoms in total. The Morgan fingerprint density at radius 1 is 0.900 bits per heavy atom. The van der Waals surface area contributed by atoms with Gasteiger partial charge in [0.25, 0.3) is 0 Å². The summed E-state index contributed by atoms with van der Waals surface area (Å²) in [7, 11) is 0. The maximum atomic E-state index is 9.55. The van der Waals surface area contributed by atoms with Crippen molar-refractivity contribution in [2.45, 2.75) is 0 Å². The quantitative estimate of drug-likeness (QED) is 0.735. The molecule has 0 spiro atoms. The first-order chi connectivity index (χ1) is 3.63. The first kappa shape index (κ1) is 16.3. The molecule has 60 valence electrons. The molecule has 0 aliphatic carbocycles. The van der Waals surface area contributed by atoms with Gasteiger partial charge in [0, 0.05) is 12.2 Å². The normalized spacial score (nSPS) is 7.60. The highest BCUT2D eigenvalue weighted by Gasteiger charge is 1.88. The third kappa shape index (κ3) is 15.6. The molecular formula is C4H6Br2O4. The summed E-state index contributed by atoms with van der Waals surface area (Å²) in [4.78, 5) is 19.1. The van der Waals surface area contributed by atoms with Gasteiger partial charge in [-0.15, -0.1) is 34.0 Å². The van der Waals surface area contributed by atoms with E-state index in [4.69, 9.17) is 10.2 Å². The average Bonchev–Trinajstić information content (AvgIpc) is 1.61. The van der Waals surface area contributed by atoms with E-state index in [1.807, 2.05) is 0 Å². The van der Waals surface area contributed by atoms with E-state index in [1.165, 1.54) is 0 Å². The van der Waals surface area contributed by atoms with Crippen LogP contribution in [0.15, 0.2) is 12.2 Å². The summed E-state index contributed by atoms with van der Waals surface area (Å²) in [5.74, 6) is -2.51. The van der Waals surface area contributed by atoms with Gasteiger partial charge in [-0.05, 0) is 0 Å². The molecule has 0 saturated carbocycles. The maximum absolute atomic E-state index is 9.55. The van der Waals surface area contributed by atoms with Gasteiger partial charge in [0.1, 0.15) is 0 Å². The minimum Gasteiger partial charge on any atom is -0.478 e. The predicted molar refractivity (Wildman–Crippen MR) is 45.1 cm³/mol. The van der Waals surface area contributed by atoms with Crippen molar-refractivity contribution in [1.29, 1.82) is 0 Å². The number of aliphatic carboxylic acids is 2. The first-order valence-electron chi connectivity index (χ1n) is 1.77. The lowest BCUT2D eigenvalue weighted by molar-refractivity contribution is -0.134. The number of carbonyl (C=O) groups is 2. The van der Waals surface area contributed by atoms with Crippen molar-refractivity contribution in [2.75, 3.05) is 0 Å². The highest BCUT2D eigenvalue weighted by molar-refractivity contribution is 8.93. The Kier molecular flexibility index (Phi) is 14.1. The molecule has 0 aliphatic heterocycles. The SMILES string of the molecule is Br.Br.O=C(O)C=CC(=O)O. The van der Waals surface area contributed by atoms with Gasteiger partial charge in [-0.25, -0.2) is 9.59 Å². The number of carboxylic acids is 2. The van der Waals surface area contributed by atoms with Gasteiger partial charge in [0.05, 0.1) is 0 Å². The molecule has 0 aromatic carbocycles. The molecule has 0 amide bonds. The van der Waals surface area contributed by atoms with Gasteiger partial charge in [0.15, 0.2) is 0 Å². The molecular weight excluding hydrogens is 272 g/mol. The van der Waals surface area contributed by atoms with Gasteiger partial charge in [-0.1, -0.05) is 0 Å². The van der Waals surface area contributed by atoms with Gasteiger partial charge in [-0.3, -0.25) is 0 Å². The monoisotopic (exact) mass is 276 g/mol. The summed E-state index contributed by atoms with van der Waals surface area (Å²) >= 11 is 0. The molecule has 0 saturated heterocycles. The van der Waals surface area contributed by atoms with E-state index in [-0.39, 0.29) is 34.0 Å². The number of rotatable bonds is 2. The molecule has 0 radical (unpaired) electrons. The summed E-state index contributed by atoms with van der Waals surface area (Å²) in [6.07, 6.45) is 1.12. The molecule has 0 fully saturated rings. The van der Waals surface area contributed by atoms with E-state index in [2.05, 4.69) is 0 Å². The summed E-state index contributed by atoms with van der Waals surface area (Å²) in [5.41, 5.74) is 0. The van der Waals surface area contributed by atoms with Crippen LogP contribution in [0, 0.1) is 0 Å². The number of halogens is 2. The van der Waals surface area contributed by atoms with Crippen molar-refractivity contribution in [1.82, 2.24) is 0 Å². The van der Waals surface area contributed by atoms with Crippen molar-refractivity contribution in [3.8, 4) is 0 Å². The molecule has 0 aromatic rings. The van der Waals surface area contributed by atoms with Crippen LogP contribution in [0.4, 0.5) is 0 Å². The zero-order valence-corrected chi connectivity index (χ0v) is 8.11. The molecule has 0 atom stereocenters. The van der Waals surface area contributed by atoms with Crippen LogP contribution in [0.2, 0.25) is 0 Å². The van der Waals surface area contributed by atoms with Crippen LogP contribution in [-0.2, 0) is 9.59 Å². The smallest absolute Gasteiger partial charge is 0.328 e. The van der Waals surface area contributed by atoms with Crippen LogP contribution in [-0.4, -0.2) is 22.2 Å². The van der Waals surface area contributed by atoms with Gasteiger partial charge < -0.3 is 10.2 Å². The fourth-order valence-corrected chi connectivity index (χ4v) is 0.143. The van der Waals surface area contributed by atoms with Crippen molar-refractivity contribution in [3.63, 3.8) is 0 Å². The fourth-order valence-electron chi connectivity index (χ4n) is 0.143. The third-order valence-corrected chi connectivity index (χ3v) is 0.368. The molecule has 0 unspecified atom stereocenters. The Hall–Kier alpha value is -0.360. The third-order valence-electron chi connectivity index (χ3n) is 0.368. The molecule has 0 bridgehead atoms. The number of carboxylic acid groups (broad SMARTS) is 2. The standard InChI is InChI=1S/C4H4O4.2BrH/c5-3(6)1-2-4(7)8;;/h1-2H,(H,5,6)(H,7,8);2*1H. The second kappa shape index (κ2) is 8.64. The van der Waals surface area contributed by atoms with Crippen molar-refractivity contribution < 1.29 is 19.8 Å². The van der Waals surface area contributed by atoms with E-state index in [1.54, 1.807) is 0 Å². The number of hydrogen-bond acceptors (Lipinski definition) is 2. The first-order valence-corrected chi connectivity index (χ1v) is 1.77. The second-order valence-corrected chi connectivity index (χ2v) is 1.01. The van der Waals surface area contributed by atoms with E-state index in [9.17, 15) is 9.59 Å².